The molecule has 6 heteroatoms. The van der Waals surface area contributed by atoms with E-state index in [1.165, 1.54) is 0 Å². The minimum atomic E-state index is -1.66. The lowest BCUT2D eigenvalue weighted by Gasteiger charge is -2.23. The van der Waals surface area contributed by atoms with Crippen LogP contribution in [0.4, 0.5) is 0 Å². The maximum absolute atomic E-state index is 6.18. The molecule has 0 saturated carbocycles. The Bertz CT molecular complexity index is 647. The summed E-state index contributed by atoms with van der Waals surface area (Å²) >= 11 is 7.44. The van der Waals surface area contributed by atoms with E-state index in [0.717, 1.165) is 31.2 Å². The van der Waals surface area contributed by atoms with Crippen LogP contribution in [0.5, 0.6) is 11.5 Å². The van der Waals surface area contributed by atoms with Gasteiger partial charge in [0.2, 0.25) is 16.6 Å². The molecule has 0 bridgehead atoms. The fourth-order valence-electron chi connectivity index (χ4n) is 2.11. The SMILES string of the molecule is C[Si](C)(C)Oc1ccc2ccc(O[Si](C)(C)C)c(Br)c2c1Br. The Balaban J connectivity index is 2.59. The van der Waals surface area contributed by atoms with Gasteiger partial charge in [0.05, 0.1) is 8.95 Å². The highest BCUT2D eigenvalue weighted by molar-refractivity contribution is 9.11. The Morgan fingerprint density at radius 3 is 1.36 bits per heavy atom. The molecule has 0 radical (unpaired) electrons. The van der Waals surface area contributed by atoms with Crippen LogP contribution in [-0.4, -0.2) is 16.6 Å². The van der Waals surface area contributed by atoms with Gasteiger partial charge < -0.3 is 8.85 Å². The molecule has 0 amide bonds. The van der Waals surface area contributed by atoms with Gasteiger partial charge in [-0.25, -0.2) is 0 Å². The highest BCUT2D eigenvalue weighted by atomic mass is 79.9. The molecule has 2 rings (SSSR count). The van der Waals surface area contributed by atoms with Crippen LogP contribution in [0.3, 0.4) is 0 Å². The maximum Gasteiger partial charge on any atom is 0.242 e. The summed E-state index contributed by atoms with van der Waals surface area (Å²) in [6.45, 7) is 13.1. The van der Waals surface area contributed by atoms with Crippen LogP contribution in [0.25, 0.3) is 10.8 Å². The lowest BCUT2D eigenvalue weighted by atomic mass is 10.1. The number of benzene rings is 2. The van der Waals surface area contributed by atoms with Crippen molar-refractivity contribution in [2.24, 2.45) is 0 Å². The van der Waals surface area contributed by atoms with Crippen LogP contribution >= 0.6 is 31.9 Å². The minimum absolute atomic E-state index is 0.900. The summed E-state index contributed by atoms with van der Waals surface area (Å²) in [5.74, 6) is 1.80. The molecule has 0 N–H and O–H groups in total. The monoisotopic (exact) mass is 460 g/mol. The van der Waals surface area contributed by atoms with Crippen LogP contribution in [-0.2, 0) is 0 Å². The van der Waals surface area contributed by atoms with Crippen molar-refractivity contribution in [3.05, 3.63) is 33.2 Å². The lowest BCUT2D eigenvalue weighted by Crippen LogP contribution is -2.29. The van der Waals surface area contributed by atoms with Crippen molar-refractivity contribution in [3.63, 3.8) is 0 Å². The zero-order valence-electron chi connectivity index (χ0n) is 13.9. The van der Waals surface area contributed by atoms with Gasteiger partial charge in [-0.1, -0.05) is 12.1 Å². The predicted molar refractivity (Wildman–Crippen MR) is 107 cm³/mol. The van der Waals surface area contributed by atoms with E-state index in [1.54, 1.807) is 0 Å². The highest BCUT2D eigenvalue weighted by Gasteiger charge is 2.22. The van der Waals surface area contributed by atoms with Crippen molar-refractivity contribution in [1.29, 1.82) is 0 Å². The van der Waals surface area contributed by atoms with Crippen molar-refractivity contribution in [2.75, 3.05) is 0 Å². The van der Waals surface area contributed by atoms with Gasteiger partial charge in [-0.05, 0) is 88.7 Å². The third kappa shape index (κ3) is 4.37. The van der Waals surface area contributed by atoms with Crippen LogP contribution in [0, 0.1) is 0 Å². The number of hydrogen-bond acceptors (Lipinski definition) is 2. The van der Waals surface area contributed by atoms with Crippen molar-refractivity contribution in [3.8, 4) is 11.5 Å². The van der Waals surface area contributed by atoms with E-state index in [4.69, 9.17) is 8.85 Å². The second-order valence-electron chi connectivity index (χ2n) is 7.28. The number of rotatable bonds is 4. The van der Waals surface area contributed by atoms with Gasteiger partial charge in [0.15, 0.2) is 0 Å². The molecule has 0 aromatic heterocycles. The topological polar surface area (TPSA) is 18.5 Å². The number of fused-ring (bicyclic) bond motifs is 1. The minimum Gasteiger partial charge on any atom is -0.544 e. The lowest BCUT2D eigenvalue weighted by molar-refractivity contribution is 0.553. The summed E-state index contributed by atoms with van der Waals surface area (Å²) in [5.41, 5.74) is 0. The zero-order valence-corrected chi connectivity index (χ0v) is 19.1. The van der Waals surface area contributed by atoms with Gasteiger partial charge in [0, 0.05) is 5.39 Å². The summed E-state index contributed by atoms with van der Waals surface area (Å²) in [4.78, 5) is 0. The summed E-state index contributed by atoms with van der Waals surface area (Å²) in [6, 6.07) is 8.27. The first-order chi connectivity index (χ1) is 9.98. The largest absolute Gasteiger partial charge is 0.544 e. The van der Waals surface area contributed by atoms with E-state index in [1.807, 2.05) is 12.1 Å². The Morgan fingerprint density at radius 1 is 0.682 bits per heavy atom. The summed E-state index contributed by atoms with van der Waals surface area (Å²) in [6.07, 6.45) is 0. The van der Waals surface area contributed by atoms with Gasteiger partial charge >= 0.3 is 0 Å². The fraction of sp³-hybridized carbons (Fsp3) is 0.375. The van der Waals surface area contributed by atoms with Crippen LogP contribution in [0.15, 0.2) is 33.2 Å². The third-order valence-corrected chi connectivity index (χ3v) is 6.06. The molecule has 0 atom stereocenters. The Hall–Kier alpha value is -0.306. The summed E-state index contributed by atoms with van der Waals surface area (Å²) < 4.78 is 14.3. The molecule has 0 heterocycles. The van der Waals surface area contributed by atoms with Crippen LogP contribution < -0.4 is 8.85 Å². The van der Waals surface area contributed by atoms with Crippen molar-refractivity contribution < 1.29 is 8.85 Å². The smallest absolute Gasteiger partial charge is 0.242 e. The quantitative estimate of drug-likeness (QED) is 0.466. The van der Waals surface area contributed by atoms with E-state index in [9.17, 15) is 0 Å². The number of hydrogen-bond donors (Lipinski definition) is 0. The highest BCUT2D eigenvalue weighted by Crippen LogP contribution is 2.42. The Kier molecular flexibility index (Phi) is 5.17. The van der Waals surface area contributed by atoms with Gasteiger partial charge in [-0.15, -0.1) is 0 Å². The normalized spacial score (nSPS) is 12.5. The third-order valence-electron chi connectivity index (χ3n) is 2.82. The van der Waals surface area contributed by atoms with Crippen molar-refractivity contribution in [1.82, 2.24) is 0 Å². The van der Waals surface area contributed by atoms with E-state index in [-0.39, 0.29) is 0 Å². The molecule has 0 spiro atoms. The molecule has 22 heavy (non-hydrogen) atoms. The number of halogens is 2. The first-order valence-corrected chi connectivity index (χ1v) is 15.7. The Morgan fingerprint density at radius 2 is 1.05 bits per heavy atom. The predicted octanol–water partition coefficient (Wildman–Crippen LogP) is 6.79. The summed E-state index contributed by atoms with van der Waals surface area (Å²) in [5, 5.41) is 2.26. The molecule has 0 aliphatic carbocycles. The molecule has 120 valence electrons. The van der Waals surface area contributed by atoms with Gasteiger partial charge in [0.25, 0.3) is 0 Å². The van der Waals surface area contributed by atoms with Gasteiger partial charge in [0.1, 0.15) is 11.5 Å². The maximum atomic E-state index is 6.18. The zero-order chi connectivity index (χ0) is 16.7. The molecule has 0 saturated heterocycles. The average molecular weight is 462 g/mol. The average Bonchev–Trinajstić information content (AvgIpc) is 2.33. The fourth-order valence-corrected chi connectivity index (χ4v) is 5.62. The molecule has 0 unspecified atom stereocenters. The van der Waals surface area contributed by atoms with E-state index >= 15 is 0 Å². The second-order valence-corrected chi connectivity index (χ2v) is 17.7. The molecule has 2 aromatic rings. The van der Waals surface area contributed by atoms with Gasteiger partial charge in [-0.3, -0.25) is 0 Å². The molecule has 2 aromatic carbocycles. The first-order valence-electron chi connectivity index (χ1n) is 7.27. The first kappa shape index (κ1) is 18.0. The van der Waals surface area contributed by atoms with Crippen LogP contribution in [0.2, 0.25) is 39.3 Å². The molecule has 0 aliphatic rings. The van der Waals surface area contributed by atoms with Crippen LogP contribution in [0.1, 0.15) is 0 Å². The standard InChI is InChI=1S/C16H22Br2O2Si2/c1-21(2,3)19-12-9-7-11-8-10-13(20-22(4,5)6)16(18)14(11)15(12)17/h7-10H,1-6H3. The molecule has 2 nitrogen and oxygen atoms in total. The molecule has 0 fully saturated rings. The van der Waals surface area contributed by atoms with E-state index in [0.29, 0.717) is 0 Å². The van der Waals surface area contributed by atoms with E-state index < -0.39 is 16.6 Å². The second kappa shape index (κ2) is 6.30. The van der Waals surface area contributed by atoms with Crippen molar-refractivity contribution >= 4 is 59.3 Å². The van der Waals surface area contributed by atoms with Crippen molar-refractivity contribution in [2.45, 2.75) is 39.3 Å². The molecule has 0 aliphatic heterocycles. The summed E-state index contributed by atoms with van der Waals surface area (Å²) in [7, 11) is -3.31. The van der Waals surface area contributed by atoms with E-state index in [2.05, 4.69) is 83.3 Å². The Labute approximate surface area is 151 Å². The molecular formula is C16H22Br2O2Si2. The van der Waals surface area contributed by atoms with Gasteiger partial charge in [-0.2, -0.15) is 0 Å². The molecular weight excluding hydrogens is 440 g/mol.